The molecule has 23 heavy (non-hydrogen) atoms. The zero-order valence-electron chi connectivity index (χ0n) is 12.1. The van der Waals surface area contributed by atoms with Crippen molar-refractivity contribution in [1.29, 1.82) is 0 Å². The minimum atomic E-state index is -0.827. The Bertz CT molecular complexity index is 839. The summed E-state index contributed by atoms with van der Waals surface area (Å²) in [6.45, 7) is 1.98. The molecule has 0 aliphatic heterocycles. The Hall–Kier alpha value is -2.60. The fraction of sp³-hybridized carbons (Fsp3) is 0.0588. The third-order valence-corrected chi connectivity index (χ3v) is 4.13. The van der Waals surface area contributed by atoms with Crippen LogP contribution >= 0.6 is 11.3 Å². The van der Waals surface area contributed by atoms with Gasteiger partial charge in [0.05, 0.1) is 0 Å². The third kappa shape index (κ3) is 3.27. The molecule has 0 saturated carbocycles. The highest BCUT2D eigenvalue weighted by atomic mass is 32.1. The number of carbonyl (C=O) groups excluding carboxylic acids is 1. The Morgan fingerprint density at radius 3 is 2.39 bits per heavy atom. The topological polar surface area (TPSA) is 42.0 Å². The number of rotatable bonds is 3. The number of para-hydroxylation sites is 1. The molecule has 0 atom stereocenters. The van der Waals surface area contributed by atoms with Crippen molar-refractivity contribution in [3.05, 3.63) is 70.7 Å². The summed E-state index contributed by atoms with van der Waals surface area (Å²) in [7, 11) is 0. The predicted octanol–water partition coefficient (Wildman–Crippen LogP) is 4.65. The highest BCUT2D eigenvalue weighted by Gasteiger charge is 2.16. The van der Waals surface area contributed by atoms with E-state index >= 15 is 0 Å². The van der Waals surface area contributed by atoms with Crippen LogP contribution in [-0.4, -0.2) is 10.9 Å². The van der Waals surface area contributed by atoms with Gasteiger partial charge in [-0.25, -0.2) is 13.8 Å². The second kappa shape index (κ2) is 6.26. The monoisotopic (exact) mass is 330 g/mol. The van der Waals surface area contributed by atoms with Gasteiger partial charge in [0.2, 0.25) is 0 Å². The molecule has 3 nitrogen and oxygen atoms in total. The van der Waals surface area contributed by atoms with Gasteiger partial charge >= 0.3 is 0 Å². The molecule has 116 valence electrons. The average molecular weight is 330 g/mol. The van der Waals surface area contributed by atoms with E-state index in [1.54, 1.807) is 5.38 Å². The Balaban J connectivity index is 1.83. The number of benzene rings is 2. The summed E-state index contributed by atoms with van der Waals surface area (Å²) < 4.78 is 27.1. The Kier molecular flexibility index (Phi) is 4.16. The van der Waals surface area contributed by atoms with E-state index in [0.717, 1.165) is 23.3 Å². The van der Waals surface area contributed by atoms with Crippen molar-refractivity contribution in [3.8, 4) is 10.6 Å². The molecule has 6 heteroatoms. The van der Waals surface area contributed by atoms with E-state index in [0.29, 0.717) is 5.01 Å². The van der Waals surface area contributed by atoms with Crippen LogP contribution in [-0.2, 0) is 0 Å². The van der Waals surface area contributed by atoms with E-state index in [4.69, 9.17) is 0 Å². The number of aromatic nitrogens is 1. The summed E-state index contributed by atoms with van der Waals surface area (Å²) in [5.74, 6) is -2.30. The lowest BCUT2D eigenvalue weighted by Crippen LogP contribution is -2.14. The third-order valence-electron chi connectivity index (χ3n) is 3.24. The SMILES string of the molecule is Cc1ccc(-c2nc(C(=O)Nc3c(F)cccc3F)cs2)cc1. The lowest BCUT2D eigenvalue weighted by Gasteiger charge is -2.05. The highest BCUT2D eigenvalue weighted by molar-refractivity contribution is 7.13. The number of hydrogen-bond donors (Lipinski definition) is 1. The number of thiazole rings is 1. The number of aryl methyl sites for hydroxylation is 1. The smallest absolute Gasteiger partial charge is 0.275 e. The first kappa shape index (κ1) is 15.3. The highest BCUT2D eigenvalue weighted by Crippen LogP contribution is 2.25. The van der Waals surface area contributed by atoms with E-state index in [-0.39, 0.29) is 5.69 Å². The van der Waals surface area contributed by atoms with Crippen LogP contribution in [0.1, 0.15) is 16.1 Å². The van der Waals surface area contributed by atoms with Gasteiger partial charge in [-0.1, -0.05) is 35.9 Å². The molecular weight excluding hydrogens is 318 g/mol. The van der Waals surface area contributed by atoms with E-state index in [1.807, 2.05) is 31.2 Å². The van der Waals surface area contributed by atoms with Gasteiger partial charge in [-0.05, 0) is 19.1 Å². The van der Waals surface area contributed by atoms with Crippen molar-refractivity contribution >= 4 is 22.9 Å². The van der Waals surface area contributed by atoms with Crippen LogP contribution < -0.4 is 5.32 Å². The summed E-state index contributed by atoms with van der Waals surface area (Å²) in [5.41, 5.74) is 1.66. The molecular formula is C17H12F2N2OS. The Labute approximate surface area is 135 Å². The maximum Gasteiger partial charge on any atom is 0.275 e. The van der Waals surface area contributed by atoms with Gasteiger partial charge in [0.15, 0.2) is 0 Å². The largest absolute Gasteiger partial charge is 0.316 e. The quantitative estimate of drug-likeness (QED) is 0.759. The number of carbonyl (C=O) groups is 1. The summed E-state index contributed by atoms with van der Waals surface area (Å²) in [4.78, 5) is 16.3. The van der Waals surface area contributed by atoms with Crippen LogP contribution in [0.4, 0.5) is 14.5 Å². The van der Waals surface area contributed by atoms with Crippen molar-refractivity contribution in [3.63, 3.8) is 0 Å². The molecule has 0 bridgehead atoms. The molecule has 0 saturated heterocycles. The number of halogens is 2. The Morgan fingerprint density at radius 1 is 1.09 bits per heavy atom. The predicted molar refractivity (Wildman–Crippen MR) is 86.6 cm³/mol. The summed E-state index contributed by atoms with van der Waals surface area (Å²) in [6, 6.07) is 11.1. The first-order valence-corrected chi connectivity index (χ1v) is 7.70. The van der Waals surface area contributed by atoms with E-state index in [1.165, 1.54) is 17.4 Å². The molecule has 3 rings (SSSR count). The molecule has 1 amide bonds. The van der Waals surface area contributed by atoms with Crippen molar-refractivity contribution in [2.24, 2.45) is 0 Å². The zero-order chi connectivity index (χ0) is 16.4. The second-order valence-corrected chi connectivity index (χ2v) is 5.81. The lowest BCUT2D eigenvalue weighted by molar-refractivity contribution is 0.102. The molecule has 0 aliphatic rings. The lowest BCUT2D eigenvalue weighted by atomic mass is 10.2. The van der Waals surface area contributed by atoms with Gasteiger partial charge in [-0.2, -0.15) is 0 Å². The van der Waals surface area contributed by atoms with Gasteiger partial charge in [-0.15, -0.1) is 11.3 Å². The standard InChI is InChI=1S/C17H12F2N2OS/c1-10-5-7-11(8-6-10)17-20-14(9-23-17)16(22)21-15-12(18)3-2-4-13(15)19/h2-9H,1H3,(H,21,22). The van der Waals surface area contributed by atoms with Gasteiger partial charge in [0, 0.05) is 10.9 Å². The van der Waals surface area contributed by atoms with Crippen LogP contribution in [0.3, 0.4) is 0 Å². The second-order valence-electron chi connectivity index (χ2n) is 4.95. The molecule has 2 aromatic carbocycles. The van der Waals surface area contributed by atoms with Crippen LogP contribution in [0, 0.1) is 18.6 Å². The number of hydrogen-bond acceptors (Lipinski definition) is 3. The normalized spacial score (nSPS) is 10.6. The van der Waals surface area contributed by atoms with Crippen molar-refractivity contribution in [2.75, 3.05) is 5.32 Å². The van der Waals surface area contributed by atoms with Crippen LogP contribution in [0.2, 0.25) is 0 Å². The Morgan fingerprint density at radius 2 is 1.74 bits per heavy atom. The maximum absolute atomic E-state index is 13.6. The van der Waals surface area contributed by atoms with Gasteiger partial charge < -0.3 is 5.32 Å². The van der Waals surface area contributed by atoms with E-state index in [2.05, 4.69) is 10.3 Å². The molecule has 0 fully saturated rings. The van der Waals surface area contributed by atoms with Crippen LogP contribution in [0.5, 0.6) is 0 Å². The molecule has 0 aliphatic carbocycles. The van der Waals surface area contributed by atoms with Crippen LogP contribution in [0.25, 0.3) is 10.6 Å². The first-order chi connectivity index (χ1) is 11.0. The first-order valence-electron chi connectivity index (χ1n) is 6.82. The number of anilines is 1. The number of nitrogens with zero attached hydrogens (tertiary/aromatic N) is 1. The van der Waals surface area contributed by atoms with Gasteiger partial charge in [-0.3, -0.25) is 4.79 Å². The molecule has 0 radical (unpaired) electrons. The van der Waals surface area contributed by atoms with E-state index in [9.17, 15) is 13.6 Å². The molecule has 1 aromatic heterocycles. The molecule has 1 N–H and O–H groups in total. The summed E-state index contributed by atoms with van der Waals surface area (Å²) in [6.07, 6.45) is 0. The molecule has 0 spiro atoms. The fourth-order valence-corrected chi connectivity index (χ4v) is 2.81. The van der Waals surface area contributed by atoms with Crippen molar-refractivity contribution < 1.29 is 13.6 Å². The minimum absolute atomic E-state index is 0.119. The number of nitrogens with one attached hydrogen (secondary N) is 1. The van der Waals surface area contributed by atoms with Gasteiger partial charge in [0.1, 0.15) is 28.0 Å². The van der Waals surface area contributed by atoms with Gasteiger partial charge in [0.25, 0.3) is 5.91 Å². The van der Waals surface area contributed by atoms with E-state index < -0.39 is 23.2 Å². The van der Waals surface area contributed by atoms with Crippen LogP contribution in [0.15, 0.2) is 47.8 Å². The average Bonchev–Trinajstić information content (AvgIpc) is 3.02. The minimum Gasteiger partial charge on any atom is -0.316 e. The zero-order valence-corrected chi connectivity index (χ0v) is 13.0. The van der Waals surface area contributed by atoms with Crippen molar-refractivity contribution in [1.82, 2.24) is 4.98 Å². The summed E-state index contributed by atoms with van der Waals surface area (Å²) >= 11 is 1.30. The number of amides is 1. The molecule has 0 unspecified atom stereocenters. The molecule has 1 heterocycles. The fourth-order valence-electron chi connectivity index (χ4n) is 2.00. The van der Waals surface area contributed by atoms with Crippen molar-refractivity contribution in [2.45, 2.75) is 6.92 Å². The maximum atomic E-state index is 13.6. The molecule has 3 aromatic rings. The summed E-state index contributed by atoms with van der Waals surface area (Å²) in [5, 5.41) is 4.45.